The van der Waals surface area contributed by atoms with Crippen LogP contribution >= 0.6 is 11.3 Å². The second kappa shape index (κ2) is 7.35. The number of nitrogen functional groups attached to an aromatic ring is 1. The van der Waals surface area contributed by atoms with E-state index < -0.39 is 5.97 Å². The van der Waals surface area contributed by atoms with Gasteiger partial charge < -0.3 is 20.5 Å². The number of hydrogen-bond donors (Lipinski definition) is 2. The number of anilines is 2. The highest BCUT2D eigenvalue weighted by atomic mass is 32.1. The number of benzene rings is 1. The SMILES string of the molecule is COc1ccc(NC(=O)c2sc(N)c(C(=O)OC(C)C)c2C)cc1. The van der Waals surface area contributed by atoms with Gasteiger partial charge in [0.05, 0.1) is 23.7 Å². The number of esters is 1. The summed E-state index contributed by atoms with van der Waals surface area (Å²) in [5.74, 6) is -0.138. The van der Waals surface area contributed by atoms with Gasteiger partial charge in [-0.25, -0.2) is 4.79 Å². The molecule has 0 radical (unpaired) electrons. The Balaban J connectivity index is 2.22. The number of thiophene rings is 1. The Morgan fingerprint density at radius 2 is 1.83 bits per heavy atom. The van der Waals surface area contributed by atoms with E-state index in [9.17, 15) is 9.59 Å². The third-order valence-corrected chi connectivity index (χ3v) is 4.39. The summed E-state index contributed by atoms with van der Waals surface area (Å²) in [6.07, 6.45) is -0.257. The van der Waals surface area contributed by atoms with Crippen molar-refractivity contribution in [3.05, 3.63) is 40.3 Å². The van der Waals surface area contributed by atoms with Crippen molar-refractivity contribution in [3.8, 4) is 5.75 Å². The summed E-state index contributed by atoms with van der Waals surface area (Å²) in [6.45, 7) is 5.20. The molecule has 0 fully saturated rings. The fourth-order valence-corrected chi connectivity index (χ4v) is 3.10. The van der Waals surface area contributed by atoms with E-state index in [4.69, 9.17) is 15.2 Å². The van der Waals surface area contributed by atoms with Crippen LogP contribution in [0.2, 0.25) is 0 Å². The second-order valence-electron chi connectivity index (χ2n) is 5.43. The van der Waals surface area contributed by atoms with Crippen LogP contribution in [0.25, 0.3) is 0 Å². The van der Waals surface area contributed by atoms with Gasteiger partial charge in [0.2, 0.25) is 0 Å². The van der Waals surface area contributed by atoms with Gasteiger partial charge in [-0.2, -0.15) is 0 Å². The van der Waals surface area contributed by atoms with E-state index in [-0.39, 0.29) is 22.6 Å². The standard InChI is InChI=1S/C17H20N2O4S/c1-9(2)23-17(21)13-10(3)14(24-15(13)18)16(20)19-11-5-7-12(22-4)8-6-11/h5-9H,18H2,1-4H3,(H,19,20). The molecule has 2 rings (SSSR count). The quantitative estimate of drug-likeness (QED) is 0.808. The Morgan fingerprint density at radius 3 is 2.38 bits per heavy atom. The van der Waals surface area contributed by atoms with Crippen molar-refractivity contribution in [2.45, 2.75) is 26.9 Å². The van der Waals surface area contributed by atoms with E-state index in [1.807, 2.05) is 0 Å². The van der Waals surface area contributed by atoms with Gasteiger partial charge in [-0.15, -0.1) is 11.3 Å². The van der Waals surface area contributed by atoms with Gasteiger partial charge in [-0.3, -0.25) is 4.79 Å². The lowest BCUT2D eigenvalue weighted by Gasteiger charge is -2.08. The van der Waals surface area contributed by atoms with Crippen LogP contribution in [-0.4, -0.2) is 25.1 Å². The van der Waals surface area contributed by atoms with E-state index in [2.05, 4.69) is 5.32 Å². The summed E-state index contributed by atoms with van der Waals surface area (Å²) in [7, 11) is 1.57. The Morgan fingerprint density at radius 1 is 1.21 bits per heavy atom. The Kier molecular flexibility index (Phi) is 5.46. The fourth-order valence-electron chi connectivity index (χ4n) is 2.14. The molecule has 0 atom stereocenters. The largest absolute Gasteiger partial charge is 0.497 e. The molecule has 128 valence electrons. The van der Waals surface area contributed by atoms with E-state index in [1.54, 1.807) is 52.1 Å². The summed E-state index contributed by atoms with van der Waals surface area (Å²) >= 11 is 1.07. The molecule has 1 aromatic heterocycles. The van der Waals surface area contributed by atoms with E-state index >= 15 is 0 Å². The number of nitrogens with one attached hydrogen (secondary N) is 1. The third kappa shape index (κ3) is 3.86. The number of ether oxygens (including phenoxy) is 2. The monoisotopic (exact) mass is 348 g/mol. The molecule has 0 bridgehead atoms. The van der Waals surface area contributed by atoms with Gasteiger partial charge in [0.1, 0.15) is 10.8 Å². The van der Waals surface area contributed by atoms with Crippen LogP contribution in [0.3, 0.4) is 0 Å². The molecule has 0 aliphatic heterocycles. The van der Waals surface area contributed by atoms with Crippen LogP contribution in [0.4, 0.5) is 10.7 Å². The molecule has 1 amide bonds. The fraction of sp³-hybridized carbons (Fsp3) is 0.294. The molecule has 0 saturated carbocycles. The second-order valence-corrected chi connectivity index (χ2v) is 6.48. The van der Waals surface area contributed by atoms with Crippen LogP contribution in [0.1, 0.15) is 39.4 Å². The number of nitrogens with two attached hydrogens (primary N) is 1. The number of methoxy groups -OCH3 is 1. The topological polar surface area (TPSA) is 90.6 Å². The maximum absolute atomic E-state index is 12.5. The lowest BCUT2D eigenvalue weighted by atomic mass is 10.1. The first-order valence-electron chi connectivity index (χ1n) is 7.38. The molecular weight excluding hydrogens is 328 g/mol. The first-order chi connectivity index (χ1) is 11.3. The molecule has 0 aliphatic carbocycles. The van der Waals surface area contributed by atoms with Gasteiger partial charge in [-0.1, -0.05) is 0 Å². The highest BCUT2D eigenvalue weighted by Gasteiger charge is 2.24. The van der Waals surface area contributed by atoms with Crippen molar-refractivity contribution in [2.24, 2.45) is 0 Å². The van der Waals surface area contributed by atoms with Crippen molar-refractivity contribution < 1.29 is 19.1 Å². The van der Waals surface area contributed by atoms with Crippen molar-refractivity contribution in [1.82, 2.24) is 0 Å². The summed E-state index contributed by atoms with van der Waals surface area (Å²) in [5, 5.41) is 3.05. The van der Waals surface area contributed by atoms with Crippen molar-refractivity contribution in [3.63, 3.8) is 0 Å². The van der Waals surface area contributed by atoms with Crippen molar-refractivity contribution >= 4 is 33.9 Å². The Labute approximate surface area is 144 Å². The van der Waals surface area contributed by atoms with Crippen LogP contribution in [0.15, 0.2) is 24.3 Å². The summed E-state index contributed by atoms with van der Waals surface area (Å²) in [6, 6.07) is 6.96. The normalized spacial score (nSPS) is 10.5. The van der Waals surface area contributed by atoms with E-state index in [1.165, 1.54) is 0 Å². The van der Waals surface area contributed by atoms with Crippen LogP contribution in [0.5, 0.6) is 5.75 Å². The predicted octanol–water partition coefficient (Wildman–Crippen LogP) is 3.46. The van der Waals surface area contributed by atoms with Crippen LogP contribution in [0, 0.1) is 6.92 Å². The third-order valence-electron chi connectivity index (χ3n) is 3.27. The van der Waals surface area contributed by atoms with Gasteiger partial charge in [0.15, 0.2) is 0 Å². The molecule has 7 heteroatoms. The molecule has 1 heterocycles. The number of amides is 1. The number of rotatable bonds is 5. The minimum atomic E-state index is -0.514. The summed E-state index contributed by atoms with van der Waals surface area (Å²) < 4.78 is 10.3. The van der Waals surface area contributed by atoms with E-state index in [0.29, 0.717) is 21.9 Å². The lowest BCUT2D eigenvalue weighted by Crippen LogP contribution is -2.15. The molecule has 3 N–H and O–H groups in total. The maximum atomic E-state index is 12.5. The zero-order valence-corrected chi connectivity index (χ0v) is 14.8. The molecular formula is C17H20N2O4S. The lowest BCUT2D eigenvalue weighted by molar-refractivity contribution is 0.0379. The first kappa shape index (κ1) is 17.8. The molecule has 1 aromatic carbocycles. The molecule has 2 aromatic rings. The van der Waals surface area contributed by atoms with Gasteiger partial charge in [0.25, 0.3) is 5.91 Å². The van der Waals surface area contributed by atoms with Crippen molar-refractivity contribution in [2.75, 3.05) is 18.2 Å². The number of hydrogen-bond acceptors (Lipinski definition) is 6. The highest BCUT2D eigenvalue weighted by Crippen LogP contribution is 2.32. The molecule has 0 saturated heterocycles. The van der Waals surface area contributed by atoms with Crippen molar-refractivity contribution in [1.29, 1.82) is 0 Å². The Bertz CT molecular complexity index is 751. The number of carbonyl (C=O) groups excluding carboxylic acids is 2. The van der Waals surface area contributed by atoms with Gasteiger partial charge >= 0.3 is 5.97 Å². The Hall–Kier alpha value is -2.54. The molecule has 0 aliphatic rings. The molecule has 24 heavy (non-hydrogen) atoms. The van der Waals surface area contributed by atoms with E-state index in [0.717, 1.165) is 11.3 Å². The molecule has 6 nitrogen and oxygen atoms in total. The average molecular weight is 348 g/mol. The van der Waals surface area contributed by atoms with Crippen LogP contribution < -0.4 is 15.8 Å². The summed E-state index contributed by atoms with van der Waals surface area (Å²) in [4.78, 5) is 25.0. The minimum absolute atomic E-state index is 0.257. The van der Waals surface area contributed by atoms with Gasteiger partial charge in [0, 0.05) is 5.69 Å². The zero-order chi connectivity index (χ0) is 17.9. The van der Waals surface area contributed by atoms with Gasteiger partial charge in [-0.05, 0) is 50.6 Å². The van der Waals surface area contributed by atoms with Crippen LogP contribution in [-0.2, 0) is 4.74 Å². The molecule has 0 spiro atoms. The predicted molar refractivity (Wildman–Crippen MR) is 95.0 cm³/mol. The highest BCUT2D eigenvalue weighted by molar-refractivity contribution is 7.18. The zero-order valence-electron chi connectivity index (χ0n) is 14.0. The maximum Gasteiger partial charge on any atom is 0.341 e. The molecule has 0 unspecified atom stereocenters. The minimum Gasteiger partial charge on any atom is -0.497 e. The smallest absolute Gasteiger partial charge is 0.341 e. The first-order valence-corrected chi connectivity index (χ1v) is 8.20. The number of carbonyl (C=O) groups is 2. The average Bonchev–Trinajstić information content (AvgIpc) is 2.82. The summed E-state index contributed by atoms with van der Waals surface area (Å²) in [5.41, 5.74) is 7.31.